The Morgan fingerprint density at radius 3 is 2.23 bits per heavy atom. The Balaban J connectivity index is 3.32. The third-order valence-electron chi connectivity index (χ3n) is 2.84. The monoisotopic (exact) mass is 368 g/mol. The molecule has 0 bridgehead atoms. The molecule has 1 unspecified atom stereocenters. The van der Waals surface area contributed by atoms with Gasteiger partial charge in [0.25, 0.3) is 0 Å². The number of carbonyl (C=O) groups is 1. The predicted molar refractivity (Wildman–Crippen MR) is 85.3 cm³/mol. The quantitative estimate of drug-likeness (QED) is 0.834. The third kappa shape index (κ3) is 4.11. The van der Waals surface area contributed by atoms with Crippen LogP contribution in [0, 0.1) is 0 Å². The summed E-state index contributed by atoms with van der Waals surface area (Å²) in [5.74, 6) is -0.629. The molecule has 0 spiro atoms. The smallest absolute Gasteiger partial charge is 0.244 e. The fourth-order valence-corrected chi connectivity index (χ4v) is 4.43. The van der Waals surface area contributed by atoms with E-state index in [2.05, 4.69) is 4.72 Å². The van der Waals surface area contributed by atoms with Crippen molar-refractivity contribution in [3.05, 3.63) is 23.2 Å². The van der Waals surface area contributed by atoms with Crippen molar-refractivity contribution in [1.29, 1.82) is 0 Å². The van der Waals surface area contributed by atoms with E-state index in [0.29, 0.717) is 0 Å². The minimum Gasteiger partial charge on any atom is -0.348 e. The van der Waals surface area contributed by atoms with Crippen LogP contribution in [0.5, 0.6) is 0 Å². The van der Waals surface area contributed by atoms with Crippen LogP contribution in [0.4, 0.5) is 5.69 Å². The second-order valence-electron chi connectivity index (χ2n) is 4.91. The van der Waals surface area contributed by atoms with Crippen LogP contribution in [0.25, 0.3) is 0 Å². The summed E-state index contributed by atoms with van der Waals surface area (Å²) in [5.41, 5.74) is -0.187. The molecule has 1 amide bonds. The fraction of sp³-hybridized carbons (Fsp3) is 0.417. The summed E-state index contributed by atoms with van der Waals surface area (Å²) >= 11 is 5.85. The standard InChI is InChI=1S/C12H17ClN2O5S2/c1-8(12(16)15(2)3)22(19,20)14-10-7-5-6-9(13)11(10)21(4,17)18/h5-8,14H,1-4H3. The number of sulfone groups is 1. The molecule has 0 aliphatic carbocycles. The van der Waals surface area contributed by atoms with E-state index in [0.717, 1.165) is 11.2 Å². The molecule has 1 aromatic rings. The summed E-state index contributed by atoms with van der Waals surface area (Å²) in [6, 6.07) is 4.02. The first-order valence-corrected chi connectivity index (χ1v) is 9.91. The van der Waals surface area contributed by atoms with Gasteiger partial charge in [-0.15, -0.1) is 0 Å². The molecule has 0 saturated heterocycles. The van der Waals surface area contributed by atoms with E-state index >= 15 is 0 Å². The highest BCUT2D eigenvalue weighted by Gasteiger charge is 2.31. The molecular weight excluding hydrogens is 352 g/mol. The average Bonchev–Trinajstić information content (AvgIpc) is 2.34. The summed E-state index contributed by atoms with van der Waals surface area (Å²) in [6.07, 6.45) is 0.917. The fourth-order valence-electron chi connectivity index (χ4n) is 1.70. The highest BCUT2D eigenvalue weighted by atomic mass is 35.5. The van der Waals surface area contributed by atoms with E-state index in [-0.39, 0.29) is 15.6 Å². The molecule has 1 rings (SSSR count). The largest absolute Gasteiger partial charge is 0.348 e. The Kier molecular flexibility index (Phi) is 5.47. The number of hydrogen-bond donors (Lipinski definition) is 1. The van der Waals surface area contributed by atoms with Gasteiger partial charge in [0.2, 0.25) is 15.9 Å². The molecule has 7 nitrogen and oxygen atoms in total. The van der Waals surface area contributed by atoms with Crippen molar-refractivity contribution in [3.8, 4) is 0 Å². The Hall–Kier alpha value is -1.32. The van der Waals surface area contributed by atoms with Gasteiger partial charge in [0.15, 0.2) is 15.1 Å². The van der Waals surface area contributed by atoms with Crippen LogP contribution in [0.1, 0.15) is 6.92 Å². The molecular formula is C12H17ClN2O5S2. The van der Waals surface area contributed by atoms with Crippen LogP contribution in [0.2, 0.25) is 5.02 Å². The van der Waals surface area contributed by atoms with Gasteiger partial charge in [-0.25, -0.2) is 16.8 Å². The van der Waals surface area contributed by atoms with Crippen LogP contribution in [-0.4, -0.2) is 53.2 Å². The first kappa shape index (κ1) is 18.7. The summed E-state index contributed by atoms with van der Waals surface area (Å²) < 4.78 is 50.2. The van der Waals surface area contributed by atoms with Crippen LogP contribution in [0.15, 0.2) is 23.1 Å². The van der Waals surface area contributed by atoms with Crippen LogP contribution >= 0.6 is 11.6 Å². The molecule has 1 N–H and O–H groups in total. The molecule has 0 saturated carbocycles. The van der Waals surface area contributed by atoms with Gasteiger partial charge in [-0.3, -0.25) is 9.52 Å². The van der Waals surface area contributed by atoms with E-state index in [4.69, 9.17) is 11.6 Å². The Labute approximate surface area is 135 Å². The number of halogens is 1. The van der Waals surface area contributed by atoms with E-state index in [1.54, 1.807) is 0 Å². The minimum atomic E-state index is -4.12. The summed E-state index contributed by atoms with van der Waals surface area (Å²) in [6.45, 7) is 1.22. The molecule has 1 aromatic carbocycles. The van der Waals surface area contributed by atoms with Crippen molar-refractivity contribution >= 4 is 43.1 Å². The highest BCUT2D eigenvalue weighted by molar-refractivity contribution is 7.94. The predicted octanol–water partition coefficient (Wildman–Crippen LogP) is 0.962. The number of nitrogens with zero attached hydrogens (tertiary/aromatic N) is 1. The molecule has 124 valence electrons. The van der Waals surface area contributed by atoms with E-state index in [1.165, 1.54) is 39.2 Å². The van der Waals surface area contributed by atoms with Gasteiger partial charge in [0.05, 0.1) is 10.7 Å². The van der Waals surface area contributed by atoms with Gasteiger partial charge < -0.3 is 4.90 Å². The molecule has 0 heterocycles. The number of hydrogen-bond acceptors (Lipinski definition) is 5. The van der Waals surface area contributed by atoms with Gasteiger partial charge in [-0.05, 0) is 19.1 Å². The molecule has 0 fully saturated rings. The SMILES string of the molecule is CC(C(=O)N(C)C)S(=O)(=O)Nc1cccc(Cl)c1S(C)(=O)=O. The van der Waals surface area contributed by atoms with E-state index in [1.807, 2.05) is 0 Å². The van der Waals surface area contributed by atoms with Gasteiger partial charge in [0.1, 0.15) is 4.90 Å². The average molecular weight is 369 g/mol. The van der Waals surface area contributed by atoms with Crippen molar-refractivity contribution in [2.24, 2.45) is 0 Å². The molecule has 0 aliphatic rings. The molecule has 0 aliphatic heterocycles. The molecule has 0 radical (unpaired) electrons. The number of rotatable bonds is 5. The maximum atomic E-state index is 12.2. The third-order valence-corrected chi connectivity index (χ3v) is 6.09. The Bertz CT molecular complexity index is 788. The zero-order valence-corrected chi connectivity index (χ0v) is 14.9. The zero-order chi connectivity index (χ0) is 17.3. The lowest BCUT2D eigenvalue weighted by Crippen LogP contribution is -2.40. The number of nitrogens with one attached hydrogen (secondary N) is 1. The van der Waals surface area contributed by atoms with Crippen LogP contribution in [-0.2, 0) is 24.7 Å². The number of anilines is 1. The summed E-state index contributed by atoms with van der Waals surface area (Å²) in [5, 5.41) is -1.48. The lowest BCUT2D eigenvalue weighted by Gasteiger charge is -2.19. The summed E-state index contributed by atoms with van der Waals surface area (Å²) in [7, 11) is -5.02. The van der Waals surface area contributed by atoms with Crippen molar-refractivity contribution in [2.75, 3.05) is 25.1 Å². The second-order valence-corrected chi connectivity index (χ2v) is 9.27. The van der Waals surface area contributed by atoms with E-state index < -0.39 is 31.0 Å². The van der Waals surface area contributed by atoms with Crippen molar-refractivity contribution in [2.45, 2.75) is 17.1 Å². The highest BCUT2D eigenvalue weighted by Crippen LogP contribution is 2.30. The Morgan fingerprint density at radius 2 is 1.77 bits per heavy atom. The first-order chi connectivity index (χ1) is 9.88. The number of sulfonamides is 1. The first-order valence-electron chi connectivity index (χ1n) is 6.09. The Morgan fingerprint density at radius 1 is 1.23 bits per heavy atom. The summed E-state index contributed by atoms with van der Waals surface area (Å²) in [4.78, 5) is 12.6. The topological polar surface area (TPSA) is 101 Å². The van der Waals surface area contributed by atoms with Crippen LogP contribution < -0.4 is 4.72 Å². The van der Waals surface area contributed by atoms with Gasteiger partial charge in [-0.2, -0.15) is 0 Å². The maximum Gasteiger partial charge on any atom is 0.244 e. The molecule has 10 heteroatoms. The van der Waals surface area contributed by atoms with E-state index in [9.17, 15) is 21.6 Å². The van der Waals surface area contributed by atoms with Gasteiger partial charge >= 0.3 is 0 Å². The molecule has 22 heavy (non-hydrogen) atoms. The maximum absolute atomic E-state index is 12.2. The molecule has 1 atom stereocenters. The number of benzene rings is 1. The number of amides is 1. The van der Waals surface area contributed by atoms with Crippen molar-refractivity contribution < 1.29 is 21.6 Å². The van der Waals surface area contributed by atoms with Crippen molar-refractivity contribution in [1.82, 2.24) is 4.90 Å². The normalized spacial score (nSPS) is 13.5. The van der Waals surface area contributed by atoms with Gasteiger partial charge in [-0.1, -0.05) is 17.7 Å². The second kappa shape index (κ2) is 6.43. The molecule has 0 aromatic heterocycles. The zero-order valence-electron chi connectivity index (χ0n) is 12.5. The van der Waals surface area contributed by atoms with Gasteiger partial charge in [0, 0.05) is 20.4 Å². The minimum absolute atomic E-state index is 0.103. The lowest BCUT2D eigenvalue weighted by molar-refractivity contribution is -0.127. The van der Waals surface area contributed by atoms with Crippen LogP contribution in [0.3, 0.4) is 0 Å². The van der Waals surface area contributed by atoms with Crippen molar-refractivity contribution in [3.63, 3.8) is 0 Å². The number of carbonyl (C=O) groups excluding carboxylic acids is 1. The lowest BCUT2D eigenvalue weighted by atomic mass is 10.3.